The first-order valence-corrected chi connectivity index (χ1v) is 16.0. The number of nitrogens with two attached hydrogens (primary N) is 1. The smallest absolute Gasteiger partial charge is 0.322 e. The van der Waals surface area contributed by atoms with E-state index in [0.717, 1.165) is 0 Å². The summed E-state index contributed by atoms with van der Waals surface area (Å²) in [5, 5.41) is 33.8. The van der Waals surface area contributed by atoms with Gasteiger partial charge in [-0.1, -0.05) is 72.8 Å². The highest BCUT2D eigenvalue weighted by atomic mass is 16.4. The van der Waals surface area contributed by atoms with E-state index in [1.165, 1.54) is 19.1 Å². The van der Waals surface area contributed by atoms with Gasteiger partial charge in [-0.2, -0.15) is 0 Å². The normalized spacial score (nSPS) is 22.6. The minimum atomic E-state index is -1.38. The molecular formula is C34H43N7O9. The fourth-order valence-corrected chi connectivity index (χ4v) is 4.90. The van der Waals surface area contributed by atoms with E-state index in [0.29, 0.717) is 11.1 Å². The monoisotopic (exact) mass is 693 g/mol. The number of carbonyl (C=O) groups excluding carboxylic acids is 6. The van der Waals surface area contributed by atoms with Gasteiger partial charge < -0.3 is 47.8 Å². The Kier molecular flexibility index (Phi) is 15.1. The number of hydrogen-bond donors (Lipinski definition) is 9. The SMILES string of the molecule is C[C@@H](O)[C@H](N)C(=O)NC1C/C=C/CC(C(=O)NCC(=O)O)NC(=O)C(Cc2ccccc2)NC(=O)CNC(=O)C(Cc2ccccc2)NC1=O. The fourth-order valence-electron chi connectivity index (χ4n) is 4.90. The number of carboxylic acid groups (broad SMARTS) is 1. The van der Waals surface area contributed by atoms with Crippen molar-refractivity contribution in [1.82, 2.24) is 31.9 Å². The summed E-state index contributed by atoms with van der Waals surface area (Å²) >= 11 is 0. The standard InChI is InChI=1S/C34H43N7O9/c1-20(42)29(35)34(50)40-24-15-9-8-14-23(30(46)37-19-28(44)45)39-33(49)26(17-22-12-6-3-7-13-22)38-27(43)18-36-31(47)25(41-32(24)48)16-21-10-4-2-5-11-21/h2-13,20,23-26,29,42H,14-19,35H2,1H3,(H,36,47)(H,37,46)(H,38,43)(H,39,49)(H,40,50)(H,41,48)(H,44,45)/b9-8+/t20-,23?,24?,25?,26?,29+/m1/s1. The van der Waals surface area contributed by atoms with Gasteiger partial charge in [0.1, 0.15) is 36.8 Å². The third-order valence-corrected chi connectivity index (χ3v) is 7.69. The largest absolute Gasteiger partial charge is 0.480 e. The van der Waals surface area contributed by atoms with Gasteiger partial charge in [0.2, 0.25) is 35.4 Å². The Labute approximate surface area is 288 Å². The number of carboxylic acids is 1. The quantitative estimate of drug-likeness (QED) is 0.121. The van der Waals surface area contributed by atoms with E-state index >= 15 is 0 Å². The van der Waals surface area contributed by atoms with E-state index in [4.69, 9.17) is 10.8 Å². The second kappa shape index (κ2) is 19.4. The molecule has 0 fully saturated rings. The van der Waals surface area contributed by atoms with Crippen LogP contribution in [0.3, 0.4) is 0 Å². The number of benzene rings is 2. The Hall–Kier alpha value is -5.61. The summed E-state index contributed by atoms with van der Waals surface area (Å²) in [4.78, 5) is 90.5. The summed E-state index contributed by atoms with van der Waals surface area (Å²) in [6.45, 7) is 0.00323. The third-order valence-electron chi connectivity index (χ3n) is 7.69. The second-order valence-electron chi connectivity index (χ2n) is 11.7. The Morgan fingerprint density at radius 1 is 0.820 bits per heavy atom. The molecule has 2 aromatic rings. The van der Waals surface area contributed by atoms with E-state index in [2.05, 4.69) is 31.9 Å². The van der Waals surface area contributed by atoms with Crippen LogP contribution < -0.4 is 37.6 Å². The van der Waals surface area contributed by atoms with Crippen molar-refractivity contribution in [3.05, 3.63) is 83.9 Å². The third kappa shape index (κ3) is 12.8. The number of hydrogen-bond acceptors (Lipinski definition) is 9. The van der Waals surface area contributed by atoms with Gasteiger partial charge in [0.15, 0.2) is 0 Å². The Morgan fingerprint density at radius 3 is 1.94 bits per heavy atom. The molecule has 0 saturated carbocycles. The zero-order valence-electron chi connectivity index (χ0n) is 27.5. The van der Waals surface area contributed by atoms with E-state index in [9.17, 15) is 38.7 Å². The molecule has 1 aliphatic heterocycles. The average Bonchev–Trinajstić information content (AvgIpc) is 3.09. The number of rotatable bonds is 10. The summed E-state index contributed by atoms with van der Waals surface area (Å²) in [5.41, 5.74) is 7.15. The molecule has 0 aromatic heterocycles. The van der Waals surface area contributed by atoms with Gasteiger partial charge in [-0.15, -0.1) is 0 Å². The highest BCUT2D eigenvalue weighted by Gasteiger charge is 2.31. The predicted octanol–water partition coefficient (Wildman–Crippen LogP) is -2.21. The maximum Gasteiger partial charge on any atom is 0.322 e. The van der Waals surface area contributed by atoms with Crippen LogP contribution in [0.1, 0.15) is 30.9 Å². The van der Waals surface area contributed by atoms with Crippen molar-refractivity contribution in [1.29, 1.82) is 0 Å². The molecular weight excluding hydrogens is 650 g/mol. The van der Waals surface area contributed by atoms with Crippen LogP contribution in [-0.4, -0.2) is 101 Å². The van der Waals surface area contributed by atoms with E-state index in [1.54, 1.807) is 60.7 Å². The lowest BCUT2D eigenvalue weighted by Crippen LogP contribution is -2.58. The van der Waals surface area contributed by atoms with E-state index < -0.39 is 90.8 Å². The maximum absolute atomic E-state index is 13.6. The van der Waals surface area contributed by atoms with Crippen LogP contribution >= 0.6 is 0 Å². The number of aliphatic hydroxyl groups is 1. The van der Waals surface area contributed by atoms with E-state index in [-0.39, 0.29) is 25.7 Å². The van der Waals surface area contributed by atoms with Crippen molar-refractivity contribution < 1.29 is 43.8 Å². The molecule has 268 valence electrons. The number of nitrogens with one attached hydrogen (secondary N) is 6. The summed E-state index contributed by atoms with van der Waals surface area (Å²) in [6.07, 6.45) is 1.36. The van der Waals surface area contributed by atoms with Crippen LogP contribution in [0.15, 0.2) is 72.8 Å². The molecule has 0 radical (unpaired) electrons. The number of carbonyl (C=O) groups is 7. The van der Waals surface area contributed by atoms with E-state index in [1.807, 2.05) is 0 Å². The molecule has 1 heterocycles. The van der Waals surface area contributed by atoms with Crippen molar-refractivity contribution in [2.24, 2.45) is 5.73 Å². The van der Waals surface area contributed by atoms with Gasteiger partial charge in [0, 0.05) is 12.8 Å². The molecule has 2 aromatic carbocycles. The van der Waals surface area contributed by atoms with Crippen LogP contribution in [0, 0.1) is 0 Å². The Bertz CT molecular complexity index is 1540. The first-order chi connectivity index (χ1) is 23.8. The molecule has 0 spiro atoms. The molecule has 6 amide bonds. The van der Waals surface area contributed by atoms with Crippen molar-refractivity contribution in [2.75, 3.05) is 13.1 Å². The lowest BCUT2D eigenvalue weighted by atomic mass is 10.0. The zero-order valence-corrected chi connectivity index (χ0v) is 27.5. The average molecular weight is 694 g/mol. The second-order valence-corrected chi connectivity index (χ2v) is 11.7. The molecule has 0 aliphatic carbocycles. The van der Waals surface area contributed by atoms with Gasteiger partial charge in [-0.25, -0.2) is 0 Å². The van der Waals surface area contributed by atoms with Crippen molar-refractivity contribution >= 4 is 41.4 Å². The number of aliphatic carboxylic acids is 1. The highest BCUT2D eigenvalue weighted by molar-refractivity contribution is 5.96. The van der Waals surface area contributed by atoms with Crippen LogP contribution in [0.4, 0.5) is 0 Å². The lowest BCUT2D eigenvalue weighted by Gasteiger charge is -2.24. The molecule has 0 saturated heterocycles. The summed E-state index contributed by atoms with van der Waals surface area (Å²) in [7, 11) is 0. The topological polar surface area (TPSA) is 258 Å². The zero-order chi connectivity index (χ0) is 36.6. The van der Waals surface area contributed by atoms with Crippen molar-refractivity contribution in [3.63, 3.8) is 0 Å². The summed E-state index contributed by atoms with van der Waals surface area (Å²) in [6, 6.07) is 11.1. The Morgan fingerprint density at radius 2 is 1.38 bits per heavy atom. The molecule has 16 nitrogen and oxygen atoms in total. The minimum absolute atomic E-state index is 0.0221. The maximum atomic E-state index is 13.6. The minimum Gasteiger partial charge on any atom is -0.480 e. The van der Waals surface area contributed by atoms with Crippen LogP contribution in [0.2, 0.25) is 0 Å². The van der Waals surface area contributed by atoms with Crippen LogP contribution in [-0.2, 0) is 46.4 Å². The number of aliphatic hydroxyl groups excluding tert-OH is 1. The van der Waals surface area contributed by atoms with Crippen molar-refractivity contribution in [3.8, 4) is 0 Å². The molecule has 50 heavy (non-hydrogen) atoms. The van der Waals surface area contributed by atoms with Gasteiger partial charge in [0.05, 0.1) is 12.6 Å². The highest BCUT2D eigenvalue weighted by Crippen LogP contribution is 2.08. The van der Waals surface area contributed by atoms with Gasteiger partial charge in [-0.05, 0) is 30.9 Å². The molecule has 3 rings (SSSR count). The van der Waals surface area contributed by atoms with Crippen LogP contribution in [0.5, 0.6) is 0 Å². The van der Waals surface area contributed by atoms with Gasteiger partial charge in [0.25, 0.3) is 0 Å². The first-order valence-electron chi connectivity index (χ1n) is 16.0. The van der Waals surface area contributed by atoms with Gasteiger partial charge in [-0.3, -0.25) is 33.6 Å². The first kappa shape index (κ1) is 38.8. The van der Waals surface area contributed by atoms with Gasteiger partial charge >= 0.3 is 5.97 Å². The predicted molar refractivity (Wildman–Crippen MR) is 180 cm³/mol. The fraction of sp³-hybridized carbons (Fsp3) is 0.382. The molecule has 0 bridgehead atoms. The lowest BCUT2D eigenvalue weighted by molar-refractivity contribution is -0.138. The number of amides is 6. The molecule has 4 unspecified atom stereocenters. The van der Waals surface area contributed by atoms with Crippen molar-refractivity contribution in [2.45, 2.75) is 68.9 Å². The molecule has 6 atom stereocenters. The molecule has 1 aliphatic rings. The molecule has 10 N–H and O–H groups in total. The summed E-state index contributed by atoms with van der Waals surface area (Å²) in [5.74, 6) is -5.98. The Balaban J connectivity index is 1.98. The summed E-state index contributed by atoms with van der Waals surface area (Å²) < 4.78 is 0. The molecule has 16 heteroatoms. The van der Waals surface area contributed by atoms with Crippen LogP contribution in [0.25, 0.3) is 0 Å².